The Morgan fingerprint density at radius 1 is 1.06 bits per heavy atom. The van der Waals surface area contributed by atoms with E-state index in [-0.39, 0.29) is 0 Å². The lowest BCUT2D eigenvalue weighted by Crippen LogP contribution is -2.60. The van der Waals surface area contributed by atoms with Gasteiger partial charge in [-0.25, -0.2) is 4.79 Å². The van der Waals surface area contributed by atoms with Crippen molar-refractivity contribution in [3.8, 4) is 0 Å². The van der Waals surface area contributed by atoms with Crippen molar-refractivity contribution in [1.29, 1.82) is 0 Å². The van der Waals surface area contributed by atoms with Crippen molar-refractivity contribution in [2.24, 2.45) is 16.7 Å². The highest BCUT2D eigenvalue weighted by Gasteiger charge is 2.58. The Morgan fingerprint density at radius 2 is 1.41 bits per heavy atom. The Morgan fingerprint density at radius 3 is 1.47 bits per heavy atom. The maximum Gasteiger partial charge on any atom is 0.337 e. The van der Waals surface area contributed by atoms with Gasteiger partial charge in [-0.05, 0) is 5.41 Å². The molecule has 5 heteroatoms. The van der Waals surface area contributed by atoms with E-state index in [1.165, 1.54) is 0 Å². The quantitative estimate of drug-likeness (QED) is 0.680. The number of hydrogen-bond acceptors (Lipinski definition) is 3. The van der Waals surface area contributed by atoms with Crippen LogP contribution in [0.3, 0.4) is 0 Å². The average molecular weight is 262 g/mol. The van der Waals surface area contributed by atoms with Crippen molar-refractivity contribution in [1.82, 2.24) is 0 Å². The summed E-state index contributed by atoms with van der Waals surface area (Å²) in [6.45, 7) is 9.92. The van der Waals surface area contributed by atoms with Crippen LogP contribution in [0, 0.1) is 16.7 Å². The molecule has 2 unspecified atom stereocenters. The minimum atomic E-state index is -2.15. The summed E-state index contributed by atoms with van der Waals surface area (Å²) in [6.07, 6.45) is 0. The number of thiol groups is 1. The van der Waals surface area contributed by atoms with Crippen LogP contribution in [0.5, 0.6) is 0 Å². The molecule has 0 amide bonds. The first-order valence-corrected chi connectivity index (χ1v) is 5.89. The van der Waals surface area contributed by atoms with Gasteiger partial charge in [-0.3, -0.25) is 4.79 Å². The summed E-state index contributed by atoms with van der Waals surface area (Å²) in [6, 6.07) is 0. The Kier molecular flexibility index (Phi) is 4.46. The molecule has 2 N–H and O–H groups in total. The fourth-order valence-corrected chi connectivity index (χ4v) is 2.63. The molecular weight excluding hydrogens is 240 g/mol. The van der Waals surface area contributed by atoms with Gasteiger partial charge in [0.1, 0.15) is 0 Å². The van der Waals surface area contributed by atoms with Crippen LogP contribution in [0.2, 0.25) is 0 Å². The van der Waals surface area contributed by atoms with Gasteiger partial charge in [0.05, 0.1) is 5.92 Å². The zero-order valence-corrected chi connectivity index (χ0v) is 12.1. The number of carbonyl (C=O) groups excluding carboxylic acids is 1. The maximum absolute atomic E-state index is 11.6. The SMILES string of the molecule is CC(C)(C)C(C(=O)S)C(O)(C(=O)O)C(C)(C)C. The highest BCUT2D eigenvalue weighted by Crippen LogP contribution is 2.45. The van der Waals surface area contributed by atoms with Gasteiger partial charge in [0.25, 0.3) is 0 Å². The molecule has 0 aromatic rings. The highest BCUT2D eigenvalue weighted by atomic mass is 32.1. The van der Waals surface area contributed by atoms with Crippen molar-refractivity contribution >= 4 is 23.7 Å². The van der Waals surface area contributed by atoms with E-state index in [4.69, 9.17) is 0 Å². The van der Waals surface area contributed by atoms with Crippen LogP contribution in [-0.4, -0.2) is 26.9 Å². The standard InChI is InChI=1S/C12H22O4S/c1-10(2,3)7(8(13)17)12(16,9(14)15)11(4,5)6/h7,16H,1-6H3,(H,13,17)(H,14,15). The van der Waals surface area contributed by atoms with Crippen LogP contribution in [0.4, 0.5) is 0 Å². The number of carboxylic acid groups (broad SMARTS) is 1. The topological polar surface area (TPSA) is 74.6 Å². The highest BCUT2D eigenvalue weighted by molar-refractivity contribution is 7.96. The van der Waals surface area contributed by atoms with Crippen LogP contribution in [0.15, 0.2) is 0 Å². The first-order chi connectivity index (χ1) is 7.26. The molecule has 2 atom stereocenters. The molecule has 0 saturated heterocycles. The molecule has 4 nitrogen and oxygen atoms in total. The third-order valence-electron chi connectivity index (χ3n) is 3.00. The number of carboxylic acids is 1. The number of hydrogen-bond donors (Lipinski definition) is 3. The second-order valence-electron chi connectivity index (χ2n) is 6.46. The number of rotatable bonds is 3. The predicted octanol–water partition coefficient (Wildman–Crippen LogP) is 1.97. The largest absolute Gasteiger partial charge is 0.479 e. The van der Waals surface area contributed by atoms with Gasteiger partial charge in [0, 0.05) is 5.41 Å². The lowest BCUT2D eigenvalue weighted by Gasteiger charge is -2.46. The summed E-state index contributed by atoms with van der Waals surface area (Å²) in [4.78, 5) is 23.1. The van der Waals surface area contributed by atoms with Gasteiger partial charge in [0.2, 0.25) is 0 Å². The Hall–Kier alpha value is -0.550. The second kappa shape index (κ2) is 4.61. The summed E-state index contributed by atoms with van der Waals surface area (Å²) in [5, 5.41) is 19.2. The molecular formula is C12H22O4S. The Balaban J connectivity index is 5.92. The minimum absolute atomic E-state index is 0.614. The zero-order valence-electron chi connectivity index (χ0n) is 11.2. The molecule has 17 heavy (non-hydrogen) atoms. The van der Waals surface area contributed by atoms with E-state index in [0.29, 0.717) is 0 Å². The van der Waals surface area contributed by atoms with Crippen LogP contribution in [0.25, 0.3) is 0 Å². The molecule has 0 radical (unpaired) electrons. The van der Waals surface area contributed by atoms with E-state index in [1.54, 1.807) is 41.5 Å². The van der Waals surface area contributed by atoms with Gasteiger partial charge in [-0.1, -0.05) is 41.5 Å². The first kappa shape index (κ1) is 16.4. The summed E-state index contributed by atoms with van der Waals surface area (Å²) in [7, 11) is 0. The third kappa shape index (κ3) is 3.01. The predicted molar refractivity (Wildman–Crippen MR) is 69.0 cm³/mol. The van der Waals surface area contributed by atoms with Crippen molar-refractivity contribution in [2.45, 2.75) is 47.1 Å². The fourth-order valence-electron chi connectivity index (χ4n) is 2.05. The lowest BCUT2D eigenvalue weighted by molar-refractivity contribution is -0.190. The van der Waals surface area contributed by atoms with Crippen LogP contribution in [-0.2, 0) is 9.59 Å². The van der Waals surface area contributed by atoms with Crippen molar-refractivity contribution in [3.05, 3.63) is 0 Å². The summed E-state index contributed by atoms with van der Waals surface area (Å²) >= 11 is 3.74. The molecule has 0 aliphatic carbocycles. The second-order valence-corrected chi connectivity index (χ2v) is 6.90. The monoisotopic (exact) mass is 262 g/mol. The van der Waals surface area contributed by atoms with Gasteiger partial charge < -0.3 is 10.2 Å². The summed E-state index contributed by atoms with van der Waals surface area (Å²) in [5.74, 6) is -2.48. The molecule has 0 bridgehead atoms. The summed E-state index contributed by atoms with van der Waals surface area (Å²) in [5.41, 5.74) is -3.82. The molecule has 0 heterocycles. The van der Waals surface area contributed by atoms with E-state index >= 15 is 0 Å². The van der Waals surface area contributed by atoms with Crippen LogP contribution >= 0.6 is 12.6 Å². The molecule has 100 valence electrons. The van der Waals surface area contributed by atoms with Gasteiger partial charge in [-0.15, -0.1) is 12.6 Å². The molecule has 0 aliphatic rings. The Bertz CT molecular complexity index is 324. The lowest BCUT2D eigenvalue weighted by atomic mass is 9.61. The van der Waals surface area contributed by atoms with Crippen molar-refractivity contribution < 1.29 is 19.8 Å². The molecule has 0 rings (SSSR count). The van der Waals surface area contributed by atoms with E-state index in [1.807, 2.05) is 0 Å². The normalized spacial score (nSPS) is 18.4. The molecule has 0 aromatic heterocycles. The molecule has 0 aromatic carbocycles. The first-order valence-electron chi connectivity index (χ1n) is 5.45. The molecule has 0 saturated carbocycles. The van der Waals surface area contributed by atoms with Gasteiger partial charge in [-0.2, -0.15) is 0 Å². The van der Waals surface area contributed by atoms with E-state index in [2.05, 4.69) is 12.6 Å². The van der Waals surface area contributed by atoms with Gasteiger partial charge >= 0.3 is 5.97 Å². The number of aliphatic carboxylic acids is 1. The third-order valence-corrected chi connectivity index (χ3v) is 3.26. The summed E-state index contributed by atoms with van der Waals surface area (Å²) < 4.78 is 0. The molecule has 0 fully saturated rings. The zero-order chi connectivity index (χ0) is 14.2. The fraction of sp³-hybridized carbons (Fsp3) is 0.833. The number of aliphatic hydroxyl groups is 1. The smallest absolute Gasteiger partial charge is 0.337 e. The molecule has 0 spiro atoms. The average Bonchev–Trinajstić information content (AvgIpc) is 1.97. The van der Waals surface area contributed by atoms with Gasteiger partial charge in [0.15, 0.2) is 10.7 Å². The van der Waals surface area contributed by atoms with E-state index in [9.17, 15) is 19.8 Å². The van der Waals surface area contributed by atoms with E-state index < -0.39 is 33.4 Å². The van der Waals surface area contributed by atoms with E-state index in [0.717, 1.165) is 0 Å². The van der Waals surface area contributed by atoms with Crippen LogP contribution in [0.1, 0.15) is 41.5 Å². The minimum Gasteiger partial charge on any atom is -0.479 e. The number of carbonyl (C=O) groups is 2. The van der Waals surface area contributed by atoms with Crippen molar-refractivity contribution in [3.63, 3.8) is 0 Å². The Labute approximate surface area is 108 Å². The van der Waals surface area contributed by atoms with Crippen molar-refractivity contribution in [2.75, 3.05) is 0 Å². The van der Waals surface area contributed by atoms with Crippen LogP contribution < -0.4 is 0 Å². The maximum atomic E-state index is 11.6. The molecule has 0 aliphatic heterocycles.